The summed E-state index contributed by atoms with van der Waals surface area (Å²) in [7, 11) is 2.08. The van der Waals surface area contributed by atoms with Crippen molar-refractivity contribution in [2.45, 2.75) is 51.2 Å². The highest BCUT2D eigenvalue weighted by Gasteiger charge is 2.48. The lowest BCUT2D eigenvalue weighted by atomic mass is 9.97. The molecule has 2 saturated heterocycles. The zero-order valence-corrected chi connectivity index (χ0v) is 20.6. The first kappa shape index (κ1) is 25.6. The van der Waals surface area contributed by atoms with E-state index in [2.05, 4.69) is 34.1 Å². The minimum Gasteiger partial charge on any atom is -0.490 e. The number of piperidine rings is 1. The lowest BCUT2D eigenvalue weighted by Gasteiger charge is -2.25. The number of nitrogens with zero attached hydrogens (tertiary/aromatic N) is 2. The molecular formula is C26H30F2N4O4. The average Bonchev–Trinajstić information content (AvgIpc) is 3.07. The van der Waals surface area contributed by atoms with Crippen LogP contribution in [0.15, 0.2) is 18.3 Å². The topological polar surface area (TPSA) is 107 Å². The number of hydrogen-bond donors (Lipinski definition) is 2. The number of aromatic nitrogens is 1. The van der Waals surface area contributed by atoms with Crippen molar-refractivity contribution < 1.29 is 27.8 Å². The number of carbonyl (C=O) groups is 2. The Morgan fingerprint density at radius 1 is 1.31 bits per heavy atom. The molecule has 0 bridgehead atoms. The number of ether oxygens (including phenoxy) is 2. The van der Waals surface area contributed by atoms with Gasteiger partial charge >= 0.3 is 5.92 Å². The van der Waals surface area contributed by atoms with Gasteiger partial charge in [0.25, 0.3) is 11.8 Å². The second kappa shape index (κ2) is 10.3. The highest BCUT2D eigenvalue weighted by molar-refractivity contribution is 6.03. The SMILES string of the molecule is CC(C)Oc1cc2c(OC[C@@H]3CC(F)(F)C(=O)N3)ncc(C#CC3CCN(C)CC3)c2cc1C(N)=O. The summed E-state index contributed by atoms with van der Waals surface area (Å²) in [5.41, 5.74) is 6.42. The molecule has 0 radical (unpaired) electrons. The number of carbonyl (C=O) groups excluding carboxylic acids is 2. The fourth-order valence-electron chi connectivity index (χ4n) is 4.36. The Labute approximate surface area is 208 Å². The zero-order chi connectivity index (χ0) is 26.0. The third-order valence-corrected chi connectivity index (χ3v) is 6.30. The largest absolute Gasteiger partial charge is 0.490 e. The molecule has 8 nitrogen and oxygen atoms in total. The van der Waals surface area contributed by atoms with Crippen LogP contribution in [0.3, 0.4) is 0 Å². The van der Waals surface area contributed by atoms with Crippen LogP contribution in [0.25, 0.3) is 10.8 Å². The smallest absolute Gasteiger partial charge is 0.326 e. The van der Waals surface area contributed by atoms with Gasteiger partial charge in [0, 0.05) is 29.3 Å². The first-order valence-corrected chi connectivity index (χ1v) is 12.0. The van der Waals surface area contributed by atoms with Gasteiger partial charge in [0.05, 0.1) is 23.3 Å². The van der Waals surface area contributed by atoms with Gasteiger partial charge in [-0.05, 0) is 59.0 Å². The van der Waals surface area contributed by atoms with Gasteiger partial charge in [-0.2, -0.15) is 8.78 Å². The van der Waals surface area contributed by atoms with Gasteiger partial charge in [-0.3, -0.25) is 9.59 Å². The molecule has 4 rings (SSSR count). The Kier molecular flexibility index (Phi) is 7.31. The molecular weight excluding hydrogens is 470 g/mol. The molecule has 1 aromatic carbocycles. The predicted octanol–water partition coefficient (Wildman–Crippen LogP) is 2.72. The molecule has 2 fully saturated rings. The van der Waals surface area contributed by atoms with E-state index in [0.29, 0.717) is 16.3 Å². The van der Waals surface area contributed by atoms with E-state index in [1.807, 2.05) is 13.8 Å². The molecule has 2 aromatic rings. The maximum absolute atomic E-state index is 13.6. The van der Waals surface area contributed by atoms with Crippen LogP contribution in [0.1, 0.15) is 49.0 Å². The summed E-state index contributed by atoms with van der Waals surface area (Å²) in [4.78, 5) is 30.3. The second-order valence-electron chi connectivity index (χ2n) is 9.64. The highest BCUT2D eigenvalue weighted by Crippen LogP contribution is 2.34. The van der Waals surface area contributed by atoms with E-state index in [-0.39, 0.29) is 35.8 Å². The van der Waals surface area contributed by atoms with Gasteiger partial charge < -0.3 is 25.4 Å². The van der Waals surface area contributed by atoms with Crippen LogP contribution in [0.4, 0.5) is 8.78 Å². The molecule has 0 spiro atoms. The molecule has 192 valence electrons. The molecule has 2 aliphatic heterocycles. The molecule has 1 atom stereocenters. The number of rotatable bonds is 6. The van der Waals surface area contributed by atoms with Crippen molar-refractivity contribution in [2.24, 2.45) is 11.7 Å². The summed E-state index contributed by atoms with van der Waals surface area (Å²) >= 11 is 0. The van der Waals surface area contributed by atoms with Crippen molar-refractivity contribution in [1.82, 2.24) is 15.2 Å². The molecule has 36 heavy (non-hydrogen) atoms. The number of likely N-dealkylation sites (tertiary alicyclic amines) is 1. The monoisotopic (exact) mass is 500 g/mol. The number of alkyl halides is 2. The first-order valence-electron chi connectivity index (χ1n) is 12.0. The summed E-state index contributed by atoms with van der Waals surface area (Å²) in [6.45, 7) is 5.39. The van der Waals surface area contributed by atoms with Crippen molar-refractivity contribution in [3.8, 4) is 23.5 Å². The number of pyridine rings is 1. The molecule has 2 amide bonds. The fourth-order valence-corrected chi connectivity index (χ4v) is 4.36. The van der Waals surface area contributed by atoms with E-state index >= 15 is 0 Å². The minimum absolute atomic E-state index is 0.156. The van der Waals surface area contributed by atoms with Gasteiger partial charge in [-0.25, -0.2) is 4.98 Å². The summed E-state index contributed by atoms with van der Waals surface area (Å²) in [5, 5.41) is 3.33. The molecule has 2 aliphatic rings. The van der Waals surface area contributed by atoms with Gasteiger partial charge in [-0.1, -0.05) is 11.8 Å². The summed E-state index contributed by atoms with van der Waals surface area (Å²) in [5.74, 6) is 1.80. The number of amides is 2. The van der Waals surface area contributed by atoms with E-state index in [1.54, 1.807) is 12.1 Å². The van der Waals surface area contributed by atoms with Crippen LogP contribution < -0.4 is 20.5 Å². The summed E-state index contributed by atoms with van der Waals surface area (Å²) in [6.07, 6.45) is 2.58. The van der Waals surface area contributed by atoms with Crippen LogP contribution in [0, 0.1) is 17.8 Å². The fraction of sp³-hybridized carbons (Fsp3) is 0.500. The van der Waals surface area contributed by atoms with Crippen molar-refractivity contribution in [3.05, 3.63) is 29.5 Å². The van der Waals surface area contributed by atoms with Gasteiger partial charge in [-0.15, -0.1) is 0 Å². The molecule has 0 unspecified atom stereocenters. The van der Waals surface area contributed by atoms with E-state index in [0.717, 1.165) is 25.9 Å². The Hall–Kier alpha value is -3.45. The Balaban J connectivity index is 1.71. The summed E-state index contributed by atoms with van der Waals surface area (Å²) in [6, 6.07) is 2.36. The van der Waals surface area contributed by atoms with E-state index < -0.39 is 30.2 Å². The van der Waals surface area contributed by atoms with Crippen LogP contribution in [-0.2, 0) is 4.79 Å². The Morgan fingerprint density at radius 2 is 2.03 bits per heavy atom. The van der Waals surface area contributed by atoms with Crippen molar-refractivity contribution in [2.75, 3.05) is 26.7 Å². The zero-order valence-electron chi connectivity index (χ0n) is 20.6. The van der Waals surface area contributed by atoms with Crippen LogP contribution in [0.5, 0.6) is 11.6 Å². The molecule has 10 heteroatoms. The van der Waals surface area contributed by atoms with Gasteiger partial charge in [0.1, 0.15) is 12.4 Å². The second-order valence-corrected chi connectivity index (χ2v) is 9.64. The lowest BCUT2D eigenvalue weighted by Crippen LogP contribution is -2.33. The minimum atomic E-state index is -3.43. The van der Waals surface area contributed by atoms with E-state index in [1.165, 1.54) is 6.20 Å². The number of fused-ring (bicyclic) bond motifs is 1. The predicted molar refractivity (Wildman–Crippen MR) is 130 cm³/mol. The maximum Gasteiger partial charge on any atom is 0.326 e. The van der Waals surface area contributed by atoms with Crippen molar-refractivity contribution in [3.63, 3.8) is 0 Å². The first-order chi connectivity index (χ1) is 17.0. The van der Waals surface area contributed by atoms with Crippen LogP contribution in [0.2, 0.25) is 0 Å². The number of hydrogen-bond acceptors (Lipinski definition) is 6. The third kappa shape index (κ3) is 5.68. The molecule has 3 heterocycles. The standard InChI is InChI=1S/C26H30F2N4O4/c1-15(2)36-22-11-20-19(10-21(22)23(29)33)17(5-4-16-6-8-32(3)9-7-16)13-30-24(20)35-14-18-12-26(27,28)25(34)31-18/h10-11,13,15-16,18H,6-9,12,14H2,1-3H3,(H2,29,33)(H,31,34)/t18-/m0/s1. The number of nitrogens with one attached hydrogen (secondary N) is 1. The molecule has 1 aromatic heterocycles. The third-order valence-electron chi connectivity index (χ3n) is 6.30. The molecule has 0 aliphatic carbocycles. The van der Waals surface area contributed by atoms with Crippen LogP contribution >= 0.6 is 0 Å². The van der Waals surface area contributed by atoms with Crippen molar-refractivity contribution in [1.29, 1.82) is 0 Å². The molecule has 3 N–H and O–H groups in total. The number of primary amides is 1. The average molecular weight is 501 g/mol. The number of halogens is 2. The highest BCUT2D eigenvalue weighted by atomic mass is 19.3. The van der Waals surface area contributed by atoms with Gasteiger partial charge in [0.2, 0.25) is 5.88 Å². The number of benzene rings is 1. The maximum atomic E-state index is 13.6. The van der Waals surface area contributed by atoms with Crippen LogP contribution in [-0.4, -0.2) is 66.5 Å². The lowest BCUT2D eigenvalue weighted by molar-refractivity contribution is -0.139. The quantitative estimate of drug-likeness (QED) is 0.591. The Bertz CT molecular complexity index is 1230. The van der Waals surface area contributed by atoms with Gasteiger partial charge in [0.15, 0.2) is 0 Å². The Morgan fingerprint density at radius 3 is 2.64 bits per heavy atom. The summed E-state index contributed by atoms with van der Waals surface area (Å²) < 4.78 is 38.8. The van der Waals surface area contributed by atoms with E-state index in [4.69, 9.17) is 15.2 Å². The molecule has 0 saturated carbocycles. The number of nitrogens with two attached hydrogens (primary N) is 1. The van der Waals surface area contributed by atoms with Crippen molar-refractivity contribution >= 4 is 22.6 Å². The van der Waals surface area contributed by atoms with E-state index in [9.17, 15) is 18.4 Å². The normalized spacial score (nSPS) is 20.2.